The predicted molar refractivity (Wildman–Crippen MR) is 144 cm³/mol. The van der Waals surface area contributed by atoms with Crippen LogP contribution in [0.3, 0.4) is 0 Å². The van der Waals surface area contributed by atoms with Crippen LogP contribution in [-0.2, 0) is 19.1 Å². The summed E-state index contributed by atoms with van der Waals surface area (Å²) in [6, 6.07) is -2.11. The summed E-state index contributed by atoms with van der Waals surface area (Å²) in [6.45, 7) is 2.71. The number of hydrogen-bond acceptors (Lipinski definition) is 6. The monoisotopic (exact) mass is 524 g/mol. The minimum Gasteiger partial charge on any atom is -0.450 e. The number of aliphatic imine (C=N–C) groups is 1. The van der Waals surface area contributed by atoms with Crippen molar-refractivity contribution in [2.24, 2.45) is 22.4 Å². The van der Waals surface area contributed by atoms with E-state index in [0.717, 1.165) is 25.7 Å². The Balaban J connectivity index is 0.00000684. The van der Waals surface area contributed by atoms with Crippen molar-refractivity contribution in [2.45, 2.75) is 110 Å². The van der Waals surface area contributed by atoms with Gasteiger partial charge < -0.3 is 36.5 Å². The van der Waals surface area contributed by atoms with Crippen LogP contribution < -0.4 is 22.1 Å². The van der Waals surface area contributed by atoms with E-state index in [0.29, 0.717) is 57.4 Å². The fraction of sp³-hybridized carbons (Fsp3) is 0.808. The standard InChI is InChI=1S/C25H44N6O5.CH4/c1-2-36-25(35)30-20(16-18-10-6-4-3-5-7-11-18)23(34)31-15-9-13-21(31)22(33)29-19(17-32)12-8-14-28-24(26)27;/h17-21H,2-16H2,1H3,(H,29,33)(H,30,35)(H4,26,27,28);1H4/t19-,20+,21-;/m0./s1. The summed E-state index contributed by atoms with van der Waals surface area (Å²) in [5.74, 6) is -0.313. The second-order valence-electron chi connectivity index (χ2n) is 9.75. The number of nitrogens with zero attached hydrogens (tertiary/aromatic N) is 2. The Morgan fingerprint density at radius 1 is 1.05 bits per heavy atom. The topological polar surface area (TPSA) is 169 Å². The molecule has 6 N–H and O–H groups in total. The number of hydrogen-bond donors (Lipinski definition) is 4. The van der Waals surface area contributed by atoms with Crippen molar-refractivity contribution < 1.29 is 23.9 Å². The van der Waals surface area contributed by atoms with Gasteiger partial charge in [0.05, 0.1) is 12.6 Å². The molecule has 0 unspecified atom stereocenters. The van der Waals surface area contributed by atoms with Crippen molar-refractivity contribution in [3.05, 3.63) is 0 Å². The molecule has 2 rings (SSSR count). The number of carbonyl (C=O) groups is 4. The predicted octanol–water partition coefficient (Wildman–Crippen LogP) is 2.22. The molecule has 11 nitrogen and oxygen atoms in total. The van der Waals surface area contributed by atoms with Gasteiger partial charge in [-0.2, -0.15) is 0 Å². The molecule has 2 fully saturated rings. The van der Waals surface area contributed by atoms with Crippen LogP contribution in [0.15, 0.2) is 4.99 Å². The van der Waals surface area contributed by atoms with Crippen molar-refractivity contribution in [3.8, 4) is 0 Å². The lowest BCUT2D eigenvalue weighted by Crippen LogP contribution is -2.55. The van der Waals surface area contributed by atoms with Gasteiger partial charge in [0.15, 0.2) is 5.96 Å². The van der Waals surface area contributed by atoms with Gasteiger partial charge in [0.1, 0.15) is 18.4 Å². The molecule has 0 spiro atoms. The Hall–Kier alpha value is -2.85. The minimum absolute atomic E-state index is 0. The molecule has 0 aromatic heterocycles. The highest BCUT2D eigenvalue weighted by Crippen LogP contribution is 2.28. The zero-order valence-electron chi connectivity index (χ0n) is 21.6. The van der Waals surface area contributed by atoms with E-state index in [-0.39, 0.29) is 31.8 Å². The second kappa shape index (κ2) is 17.6. The first kappa shape index (κ1) is 32.2. The molecular weight excluding hydrogens is 476 g/mol. The van der Waals surface area contributed by atoms with Gasteiger partial charge in [0.2, 0.25) is 11.8 Å². The van der Waals surface area contributed by atoms with Crippen molar-refractivity contribution in [3.63, 3.8) is 0 Å². The lowest BCUT2D eigenvalue weighted by Gasteiger charge is -2.31. The molecule has 1 heterocycles. The molecule has 2 aliphatic rings. The quantitative estimate of drug-likeness (QED) is 0.131. The van der Waals surface area contributed by atoms with Gasteiger partial charge in [0, 0.05) is 13.1 Å². The molecule has 0 radical (unpaired) electrons. The summed E-state index contributed by atoms with van der Waals surface area (Å²) >= 11 is 0. The van der Waals surface area contributed by atoms with E-state index in [1.165, 1.54) is 19.3 Å². The Morgan fingerprint density at radius 3 is 2.35 bits per heavy atom. The number of aldehydes is 1. The number of guanidine groups is 1. The number of amides is 3. The van der Waals surface area contributed by atoms with E-state index < -0.39 is 24.2 Å². The first-order valence-corrected chi connectivity index (χ1v) is 13.4. The SMILES string of the molecule is C.CCOC(=O)N[C@H](CC1CCCCCCC1)C(=O)N1CCC[C@H]1C(=O)N[C@H](C=O)CCCN=C(N)N. The fourth-order valence-corrected chi connectivity index (χ4v) is 5.12. The summed E-state index contributed by atoms with van der Waals surface area (Å²) in [5.41, 5.74) is 10.6. The molecule has 11 heteroatoms. The fourth-order valence-electron chi connectivity index (χ4n) is 5.12. The number of ether oxygens (including phenoxy) is 1. The Bertz CT molecular complexity index is 750. The molecule has 0 aromatic carbocycles. The number of carbonyl (C=O) groups excluding carboxylic acids is 4. The van der Waals surface area contributed by atoms with E-state index in [9.17, 15) is 19.2 Å². The smallest absolute Gasteiger partial charge is 0.407 e. The van der Waals surface area contributed by atoms with Gasteiger partial charge in [-0.15, -0.1) is 0 Å². The van der Waals surface area contributed by atoms with Crippen LogP contribution in [0.4, 0.5) is 4.79 Å². The first-order chi connectivity index (χ1) is 17.3. The van der Waals surface area contributed by atoms with Crippen LogP contribution >= 0.6 is 0 Å². The molecule has 3 atom stereocenters. The maximum absolute atomic E-state index is 13.6. The molecule has 1 aliphatic carbocycles. The van der Waals surface area contributed by atoms with Gasteiger partial charge >= 0.3 is 6.09 Å². The maximum Gasteiger partial charge on any atom is 0.407 e. The largest absolute Gasteiger partial charge is 0.450 e. The normalized spacial score (nSPS) is 19.8. The Morgan fingerprint density at radius 2 is 1.73 bits per heavy atom. The highest BCUT2D eigenvalue weighted by molar-refractivity contribution is 5.92. The van der Waals surface area contributed by atoms with E-state index >= 15 is 0 Å². The molecule has 1 saturated carbocycles. The van der Waals surface area contributed by atoms with Gasteiger partial charge in [0.25, 0.3) is 0 Å². The van der Waals surface area contributed by atoms with Gasteiger partial charge in [-0.1, -0.05) is 52.4 Å². The molecule has 212 valence electrons. The van der Waals surface area contributed by atoms with Gasteiger partial charge in [-0.25, -0.2) is 4.79 Å². The third-order valence-corrected chi connectivity index (χ3v) is 6.96. The van der Waals surface area contributed by atoms with E-state index in [2.05, 4.69) is 15.6 Å². The average Bonchev–Trinajstić information content (AvgIpc) is 3.31. The van der Waals surface area contributed by atoms with Crippen LogP contribution in [0.5, 0.6) is 0 Å². The van der Waals surface area contributed by atoms with Crippen LogP contribution in [0.25, 0.3) is 0 Å². The number of nitrogens with one attached hydrogen (secondary N) is 2. The van der Waals surface area contributed by atoms with E-state index in [1.807, 2.05) is 0 Å². The van der Waals surface area contributed by atoms with Crippen molar-refractivity contribution in [1.29, 1.82) is 0 Å². The van der Waals surface area contributed by atoms with E-state index in [1.54, 1.807) is 11.8 Å². The third kappa shape index (κ3) is 11.4. The lowest BCUT2D eigenvalue weighted by atomic mass is 9.86. The summed E-state index contributed by atoms with van der Waals surface area (Å²) in [4.78, 5) is 55.9. The number of rotatable bonds is 12. The Kier molecular flexibility index (Phi) is 15.3. The summed E-state index contributed by atoms with van der Waals surface area (Å²) in [6.07, 6.45) is 10.6. The van der Waals surface area contributed by atoms with Gasteiger partial charge in [-0.3, -0.25) is 14.6 Å². The second-order valence-corrected chi connectivity index (χ2v) is 9.75. The molecule has 37 heavy (non-hydrogen) atoms. The van der Waals surface area contributed by atoms with Crippen LogP contribution in [0.1, 0.15) is 91.4 Å². The van der Waals surface area contributed by atoms with Crippen molar-refractivity contribution in [2.75, 3.05) is 19.7 Å². The molecule has 0 aromatic rings. The van der Waals surface area contributed by atoms with Crippen LogP contribution in [0, 0.1) is 5.92 Å². The summed E-state index contributed by atoms with van der Waals surface area (Å²) < 4.78 is 5.06. The number of alkyl carbamates (subject to hydrolysis) is 1. The molecule has 0 bridgehead atoms. The summed E-state index contributed by atoms with van der Waals surface area (Å²) in [7, 11) is 0. The van der Waals surface area contributed by atoms with Crippen LogP contribution in [0.2, 0.25) is 0 Å². The van der Waals surface area contributed by atoms with E-state index in [4.69, 9.17) is 16.2 Å². The number of nitrogens with two attached hydrogens (primary N) is 2. The van der Waals surface area contributed by atoms with Crippen molar-refractivity contribution in [1.82, 2.24) is 15.5 Å². The average molecular weight is 525 g/mol. The number of likely N-dealkylation sites (tertiary alicyclic amines) is 1. The first-order valence-electron chi connectivity index (χ1n) is 13.4. The van der Waals surface area contributed by atoms with Crippen molar-refractivity contribution >= 4 is 30.2 Å². The van der Waals surface area contributed by atoms with Crippen LogP contribution in [-0.4, -0.2) is 72.9 Å². The highest BCUT2D eigenvalue weighted by atomic mass is 16.5. The summed E-state index contributed by atoms with van der Waals surface area (Å²) in [5, 5.41) is 5.51. The minimum atomic E-state index is -0.747. The highest BCUT2D eigenvalue weighted by Gasteiger charge is 2.39. The molecule has 1 saturated heterocycles. The third-order valence-electron chi connectivity index (χ3n) is 6.96. The zero-order chi connectivity index (χ0) is 26.3. The van der Waals surface area contributed by atoms with Gasteiger partial charge in [-0.05, 0) is 44.9 Å². The Labute approximate surface area is 221 Å². The maximum atomic E-state index is 13.6. The lowest BCUT2D eigenvalue weighted by molar-refractivity contribution is -0.140. The molecule has 3 amide bonds. The molecular formula is C26H48N6O5. The molecule has 1 aliphatic heterocycles. The zero-order valence-corrected chi connectivity index (χ0v) is 21.6.